The lowest BCUT2D eigenvalue weighted by molar-refractivity contribution is -0.112. The Kier molecular flexibility index (Phi) is 6.03. The number of hydrogen-bond acceptors (Lipinski definition) is 2. The second-order valence-corrected chi connectivity index (χ2v) is 6.39. The van der Waals surface area contributed by atoms with E-state index in [0.29, 0.717) is 21.7 Å². The largest absolute Gasteiger partial charge is 0.321 e. The molecule has 0 saturated heterocycles. The normalized spacial score (nSPS) is 11.2. The number of halogens is 2. The number of hydrogen-bond donors (Lipinski definition) is 1. The molecule has 122 valence electrons. The Hall–Kier alpha value is -2.28. The number of nitrogens with one attached hydrogen (secondary N) is 1. The number of nitriles is 1. The van der Waals surface area contributed by atoms with Gasteiger partial charge in [-0.2, -0.15) is 5.26 Å². The van der Waals surface area contributed by atoms with E-state index in [1.54, 1.807) is 18.2 Å². The van der Waals surface area contributed by atoms with Crippen LogP contribution in [0.25, 0.3) is 6.08 Å². The smallest absolute Gasteiger partial charge is 0.266 e. The molecule has 0 saturated carbocycles. The van der Waals surface area contributed by atoms with Gasteiger partial charge in [0.2, 0.25) is 0 Å². The predicted octanol–water partition coefficient (Wildman–Crippen LogP) is 5.66. The molecule has 24 heavy (non-hydrogen) atoms. The van der Waals surface area contributed by atoms with E-state index < -0.39 is 5.91 Å². The number of carbonyl (C=O) groups is 1. The highest BCUT2D eigenvalue weighted by Crippen LogP contribution is 2.25. The molecule has 0 aromatic heterocycles. The molecule has 0 heterocycles. The van der Waals surface area contributed by atoms with Crippen LogP contribution in [0.5, 0.6) is 0 Å². The van der Waals surface area contributed by atoms with Crippen molar-refractivity contribution in [2.24, 2.45) is 0 Å². The van der Waals surface area contributed by atoms with E-state index in [2.05, 4.69) is 19.2 Å². The molecule has 1 amide bonds. The van der Waals surface area contributed by atoms with Crippen LogP contribution in [0.1, 0.15) is 30.9 Å². The molecule has 3 nitrogen and oxygen atoms in total. The molecule has 0 aliphatic rings. The third-order valence-corrected chi connectivity index (χ3v) is 4.20. The Morgan fingerprint density at radius 2 is 1.79 bits per heavy atom. The van der Waals surface area contributed by atoms with Crippen molar-refractivity contribution in [2.45, 2.75) is 19.8 Å². The molecular formula is C19H16Cl2N2O. The Balaban J connectivity index is 2.18. The zero-order chi connectivity index (χ0) is 17.7. The highest BCUT2D eigenvalue weighted by Gasteiger charge is 2.10. The molecule has 0 aliphatic carbocycles. The third-order valence-electron chi connectivity index (χ3n) is 3.46. The van der Waals surface area contributed by atoms with Gasteiger partial charge in [0.15, 0.2) is 0 Å². The number of amides is 1. The lowest BCUT2D eigenvalue weighted by Gasteiger charge is -2.07. The number of carbonyl (C=O) groups excluding carboxylic acids is 1. The summed E-state index contributed by atoms with van der Waals surface area (Å²) < 4.78 is 0. The zero-order valence-electron chi connectivity index (χ0n) is 13.3. The maximum Gasteiger partial charge on any atom is 0.266 e. The quantitative estimate of drug-likeness (QED) is 0.565. The molecule has 0 radical (unpaired) electrons. The average molecular weight is 359 g/mol. The minimum atomic E-state index is -0.496. The third kappa shape index (κ3) is 4.61. The summed E-state index contributed by atoms with van der Waals surface area (Å²) in [6.45, 7) is 4.21. The molecule has 0 spiro atoms. The van der Waals surface area contributed by atoms with E-state index in [1.807, 2.05) is 30.3 Å². The Morgan fingerprint density at radius 3 is 2.33 bits per heavy atom. The van der Waals surface area contributed by atoms with Crippen molar-refractivity contribution >= 4 is 40.9 Å². The van der Waals surface area contributed by atoms with Crippen molar-refractivity contribution in [3.05, 3.63) is 69.2 Å². The van der Waals surface area contributed by atoms with Crippen molar-refractivity contribution in [1.29, 1.82) is 5.26 Å². The summed E-state index contributed by atoms with van der Waals surface area (Å²) in [6.07, 6.45) is 1.55. The van der Waals surface area contributed by atoms with Crippen molar-refractivity contribution < 1.29 is 4.79 Å². The van der Waals surface area contributed by atoms with Crippen molar-refractivity contribution in [2.75, 3.05) is 5.32 Å². The lowest BCUT2D eigenvalue weighted by atomic mass is 10.0. The second kappa shape index (κ2) is 8.01. The second-order valence-electron chi connectivity index (χ2n) is 5.57. The fraction of sp³-hybridized carbons (Fsp3) is 0.158. The Labute approximate surface area is 151 Å². The first-order chi connectivity index (χ1) is 11.4. The van der Waals surface area contributed by atoms with Crippen LogP contribution in [-0.4, -0.2) is 5.91 Å². The summed E-state index contributed by atoms with van der Waals surface area (Å²) >= 11 is 11.8. The lowest BCUT2D eigenvalue weighted by Crippen LogP contribution is -2.13. The minimum absolute atomic E-state index is 0.0124. The minimum Gasteiger partial charge on any atom is -0.321 e. The van der Waals surface area contributed by atoms with E-state index in [1.165, 1.54) is 11.6 Å². The maximum absolute atomic E-state index is 12.2. The van der Waals surface area contributed by atoms with Gasteiger partial charge < -0.3 is 5.32 Å². The van der Waals surface area contributed by atoms with E-state index >= 15 is 0 Å². The van der Waals surface area contributed by atoms with Gasteiger partial charge >= 0.3 is 0 Å². The predicted molar refractivity (Wildman–Crippen MR) is 99.2 cm³/mol. The van der Waals surface area contributed by atoms with Gasteiger partial charge in [0.1, 0.15) is 11.6 Å². The summed E-state index contributed by atoms with van der Waals surface area (Å²) in [6, 6.07) is 14.4. The molecule has 2 rings (SSSR count). The first kappa shape index (κ1) is 18.1. The van der Waals surface area contributed by atoms with Crippen LogP contribution < -0.4 is 5.32 Å². The fourth-order valence-corrected chi connectivity index (χ4v) is 2.36. The molecule has 0 fully saturated rings. The summed E-state index contributed by atoms with van der Waals surface area (Å²) in [4.78, 5) is 12.2. The molecule has 2 aromatic carbocycles. The van der Waals surface area contributed by atoms with E-state index in [0.717, 1.165) is 5.56 Å². The van der Waals surface area contributed by atoms with Gasteiger partial charge in [-0.3, -0.25) is 4.79 Å². The molecule has 0 atom stereocenters. The van der Waals surface area contributed by atoms with Crippen LogP contribution in [0.4, 0.5) is 5.69 Å². The van der Waals surface area contributed by atoms with E-state index in [-0.39, 0.29) is 5.57 Å². The van der Waals surface area contributed by atoms with Gasteiger partial charge in [-0.15, -0.1) is 0 Å². The monoisotopic (exact) mass is 358 g/mol. The molecule has 2 aromatic rings. The van der Waals surface area contributed by atoms with Gasteiger partial charge in [-0.25, -0.2) is 0 Å². The highest BCUT2D eigenvalue weighted by molar-refractivity contribution is 6.42. The van der Waals surface area contributed by atoms with Crippen molar-refractivity contribution in [3.8, 4) is 6.07 Å². The number of benzene rings is 2. The Bertz CT molecular complexity index is 818. The standard InChI is InChI=1S/C19H16Cl2N2O/c1-12(2)14-5-3-13(4-6-14)9-15(11-22)19(24)23-16-7-8-17(20)18(21)10-16/h3-10,12H,1-2H3,(H,23,24)/b15-9-. The maximum atomic E-state index is 12.2. The van der Waals surface area contributed by atoms with E-state index in [9.17, 15) is 10.1 Å². The molecule has 5 heteroatoms. The molecule has 0 bridgehead atoms. The summed E-state index contributed by atoms with van der Waals surface area (Å²) in [5.74, 6) is -0.0692. The first-order valence-electron chi connectivity index (χ1n) is 7.39. The van der Waals surface area contributed by atoms with Gasteiger partial charge in [0.05, 0.1) is 10.0 Å². The molecule has 1 N–H and O–H groups in total. The number of anilines is 1. The van der Waals surface area contributed by atoms with Crippen molar-refractivity contribution in [3.63, 3.8) is 0 Å². The number of rotatable bonds is 4. The van der Waals surface area contributed by atoms with Crippen LogP contribution >= 0.6 is 23.2 Å². The highest BCUT2D eigenvalue weighted by atomic mass is 35.5. The van der Waals surface area contributed by atoms with Crippen molar-refractivity contribution in [1.82, 2.24) is 0 Å². The summed E-state index contributed by atoms with van der Waals surface area (Å²) in [7, 11) is 0. The average Bonchev–Trinajstić information content (AvgIpc) is 2.56. The SMILES string of the molecule is CC(C)c1ccc(/C=C(/C#N)C(=O)Nc2ccc(Cl)c(Cl)c2)cc1. The van der Waals surface area contributed by atoms with E-state index in [4.69, 9.17) is 23.2 Å². The van der Waals surface area contributed by atoms with Crippen LogP contribution in [0.15, 0.2) is 48.0 Å². The zero-order valence-corrected chi connectivity index (χ0v) is 14.8. The van der Waals surface area contributed by atoms with Gasteiger partial charge in [0.25, 0.3) is 5.91 Å². The van der Waals surface area contributed by atoms with Crippen LogP contribution in [0.2, 0.25) is 10.0 Å². The number of nitrogens with zero attached hydrogens (tertiary/aromatic N) is 1. The summed E-state index contributed by atoms with van der Waals surface area (Å²) in [5.41, 5.74) is 2.48. The topological polar surface area (TPSA) is 52.9 Å². The molecular weight excluding hydrogens is 343 g/mol. The first-order valence-corrected chi connectivity index (χ1v) is 8.14. The molecule has 0 unspecified atom stereocenters. The van der Waals surface area contributed by atoms with Gasteiger partial charge in [-0.05, 0) is 41.3 Å². The Morgan fingerprint density at radius 1 is 1.12 bits per heavy atom. The fourth-order valence-electron chi connectivity index (χ4n) is 2.06. The van der Waals surface area contributed by atoms with Gasteiger partial charge in [-0.1, -0.05) is 61.3 Å². The summed E-state index contributed by atoms with van der Waals surface area (Å²) in [5, 5.41) is 12.6. The van der Waals surface area contributed by atoms with Crippen LogP contribution in [0.3, 0.4) is 0 Å². The van der Waals surface area contributed by atoms with Gasteiger partial charge in [0, 0.05) is 5.69 Å². The van der Waals surface area contributed by atoms with Crippen LogP contribution in [-0.2, 0) is 4.79 Å². The molecule has 0 aliphatic heterocycles. The van der Waals surface area contributed by atoms with Crippen LogP contribution in [0, 0.1) is 11.3 Å².